The molecular formula is C24H17ClN4O3. The van der Waals surface area contributed by atoms with Gasteiger partial charge in [-0.2, -0.15) is 10.2 Å². The first kappa shape index (κ1) is 20.0. The van der Waals surface area contributed by atoms with Crippen molar-refractivity contribution in [3.8, 4) is 46.3 Å². The number of rotatable bonds is 6. The molecule has 7 nitrogen and oxygen atoms in total. The summed E-state index contributed by atoms with van der Waals surface area (Å²) in [6, 6.07) is 17.8. The number of aromatic nitrogens is 3. The smallest absolute Gasteiger partial charge is 0.258 e. The second kappa shape index (κ2) is 8.69. The minimum absolute atomic E-state index is 0.239. The van der Waals surface area contributed by atoms with Gasteiger partial charge in [-0.1, -0.05) is 22.8 Å². The van der Waals surface area contributed by atoms with E-state index in [1.807, 2.05) is 24.3 Å². The third-order valence-corrected chi connectivity index (χ3v) is 5.36. The Bertz CT molecular complexity index is 1310. The van der Waals surface area contributed by atoms with Gasteiger partial charge in [-0.15, -0.1) is 0 Å². The van der Waals surface area contributed by atoms with Crippen LogP contribution in [0.25, 0.3) is 22.8 Å². The van der Waals surface area contributed by atoms with Gasteiger partial charge in [0.25, 0.3) is 5.89 Å². The van der Waals surface area contributed by atoms with Gasteiger partial charge in [0.2, 0.25) is 11.7 Å². The highest BCUT2D eigenvalue weighted by molar-refractivity contribution is 6.30. The molecule has 0 radical (unpaired) electrons. The third-order valence-electron chi connectivity index (χ3n) is 5.13. The van der Waals surface area contributed by atoms with Gasteiger partial charge >= 0.3 is 0 Å². The van der Waals surface area contributed by atoms with Crippen LogP contribution >= 0.6 is 11.6 Å². The molecule has 1 fully saturated rings. The van der Waals surface area contributed by atoms with Crippen molar-refractivity contribution in [3.05, 3.63) is 71.4 Å². The SMILES string of the molecule is N#Cc1cc(Cl)ccc1Oc1cccc(-c2nc(-c3ccnc(OC4CCC4)c3)no2)c1. The minimum Gasteiger partial charge on any atom is -0.474 e. The number of benzene rings is 2. The highest BCUT2D eigenvalue weighted by Gasteiger charge is 2.20. The van der Waals surface area contributed by atoms with E-state index in [0.29, 0.717) is 45.2 Å². The van der Waals surface area contributed by atoms with Crippen LogP contribution in [0.15, 0.2) is 65.3 Å². The molecule has 32 heavy (non-hydrogen) atoms. The predicted molar refractivity (Wildman–Crippen MR) is 117 cm³/mol. The molecule has 2 aromatic heterocycles. The number of nitriles is 1. The van der Waals surface area contributed by atoms with Gasteiger partial charge in [-0.25, -0.2) is 4.98 Å². The summed E-state index contributed by atoms with van der Waals surface area (Å²) in [4.78, 5) is 8.78. The Morgan fingerprint density at radius 2 is 1.97 bits per heavy atom. The fourth-order valence-electron chi connectivity index (χ4n) is 3.23. The highest BCUT2D eigenvalue weighted by atomic mass is 35.5. The number of hydrogen-bond donors (Lipinski definition) is 0. The van der Waals surface area contributed by atoms with Crippen molar-refractivity contribution in [2.45, 2.75) is 25.4 Å². The Hall–Kier alpha value is -3.89. The summed E-state index contributed by atoms with van der Waals surface area (Å²) in [6.45, 7) is 0. The first-order valence-electron chi connectivity index (χ1n) is 10.1. The molecule has 1 saturated carbocycles. The van der Waals surface area contributed by atoms with Crippen molar-refractivity contribution < 1.29 is 14.0 Å². The molecule has 8 heteroatoms. The molecule has 1 aliphatic carbocycles. The quantitative estimate of drug-likeness (QED) is 0.357. The second-order valence-electron chi connectivity index (χ2n) is 7.36. The van der Waals surface area contributed by atoms with Gasteiger partial charge in [0, 0.05) is 28.4 Å². The van der Waals surface area contributed by atoms with Gasteiger partial charge in [-0.05, 0) is 61.7 Å². The molecule has 0 unspecified atom stereocenters. The zero-order valence-corrected chi connectivity index (χ0v) is 17.6. The summed E-state index contributed by atoms with van der Waals surface area (Å²) in [6.07, 6.45) is 5.22. The summed E-state index contributed by atoms with van der Waals surface area (Å²) < 4.78 is 17.2. The Morgan fingerprint density at radius 3 is 2.78 bits per heavy atom. The molecule has 2 heterocycles. The maximum Gasteiger partial charge on any atom is 0.258 e. The lowest BCUT2D eigenvalue weighted by molar-refractivity contribution is 0.115. The molecule has 0 atom stereocenters. The molecular weight excluding hydrogens is 428 g/mol. The third kappa shape index (κ3) is 4.27. The summed E-state index contributed by atoms with van der Waals surface area (Å²) in [7, 11) is 0. The first-order chi connectivity index (χ1) is 15.7. The van der Waals surface area contributed by atoms with E-state index in [-0.39, 0.29) is 6.10 Å². The van der Waals surface area contributed by atoms with Crippen molar-refractivity contribution in [1.29, 1.82) is 5.26 Å². The highest BCUT2D eigenvalue weighted by Crippen LogP contribution is 2.31. The molecule has 0 saturated heterocycles. The van der Waals surface area contributed by atoms with Crippen LogP contribution in [0.5, 0.6) is 17.4 Å². The van der Waals surface area contributed by atoms with Crippen LogP contribution in [0.4, 0.5) is 0 Å². The zero-order chi connectivity index (χ0) is 21.9. The topological polar surface area (TPSA) is 94.1 Å². The van der Waals surface area contributed by atoms with Crippen LogP contribution in [-0.2, 0) is 0 Å². The van der Waals surface area contributed by atoms with Crippen molar-refractivity contribution in [1.82, 2.24) is 15.1 Å². The Kier molecular flexibility index (Phi) is 5.44. The van der Waals surface area contributed by atoms with E-state index in [9.17, 15) is 5.26 Å². The van der Waals surface area contributed by atoms with E-state index < -0.39 is 0 Å². The average molecular weight is 445 g/mol. The van der Waals surface area contributed by atoms with Crippen molar-refractivity contribution in [2.75, 3.05) is 0 Å². The number of hydrogen-bond acceptors (Lipinski definition) is 7. The maximum atomic E-state index is 9.31. The number of ether oxygens (including phenoxy) is 2. The van der Waals surface area contributed by atoms with Crippen LogP contribution in [0.1, 0.15) is 24.8 Å². The van der Waals surface area contributed by atoms with E-state index in [4.69, 9.17) is 25.6 Å². The molecule has 158 valence electrons. The standard InChI is InChI=1S/C24H17ClN4O3/c25-18-7-8-21(17(11-18)14-26)30-20-6-1-3-16(12-20)24-28-23(29-32-24)15-9-10-27-22(13-15)31-19-4-2-5-19/h1,3,6-13,19H,2,4-5H2. The largest absolute Gasteiger partial charge is 0.474 e. The lowest BCUT2D eigenvalue weighted by atomic mass is 9.96. The summed E-state index contributed by atoms with van der Waals surface area (Å²) >= 11 is 5.96. The van der Waals surface area contributed by atoms with Crippen molar-refractivity contribution >= 4 is 11.6 Å². The minimum atomic E-state index is 0.239. The fraction of sp³-hybridized carbons (Fsp3) is 0.167. The molecule has 2 aromatic carbocycles. The Labute approximate surface area is 189 Å². The van der Waals surface area contributed by atoms with Crippen LogP contribution in [-0.4, -0.2) is 21.2 Å². The summed E-state index contributed by atoms with van der Waals surface area (Å²) in [5.74, 6) is 2.29. The van der Waals surface area contributed by atoms with Gasteiger partial charge in [0.15, 0.2) is 0 Å². The Balaban J connectivity index is 1.37. The van der Waals surface area contributed by atoms with E-state index in [1.165, 1.54) is 6.42 Å². The van der Waals surface area contributed by atoms with E-state index in [0.717, 1.165) is 18.4 Å². The molecule has 0 aliphatic heterocycles. The molecule has 5 rings (SSSR count). The summed E-state index contributed by atoms with van der Waals surface area (Å²) in [5.41, 5.74) is 1.80. The molecule has 0 bridgehead atoms. The number of nitrogens with zero attached hydrogens (tertiary/aromatic N) is 4. The Morgan fingerprint density at radius 1 is 1.06 bits per heavy atom. The molecule has 1 aliphatic rings. The lowest BCUT2D eigenvalue weighted by Gasteiger charge is -2.25. The first-order valence-corrected chi connectivity index (χ1v) is 10.5. The maximum absolute atomic E-state index is 9.31. The van der Waals surface area contributed by atoms with E-state index in [2.05, 4.69) is 21.2 Å². The van der Waals surface area contributed by atoms with Crippen LogP contribution in [0.3, 0.4) is 0 Å². The molecule has 0 amide bonds. The van der Waals surface area contributed by atoms with E-state index in [1.54, 1.807) is 36.5 Å². The average Bonchev–Trinajstić information content (AvgIpc) is 3.28. The predicted octanol–water partition coefficient (Wildman–Crippen LogP) is 6.05. The number of halogens is 1. The van der Waals surface area contributed by atoms with Gasteiger partial charge in [0.1, 0.15) is 23.7 Å². The zero-order valence-electron chi connectivity index (χ0n) is 16.9. The van der Waals surface area contributed by atoms with Crippen molar-refractivity contribution in [2.24, 2.45) is 0 Å². The molecule has 0 spiro atoms. The monoisotopic (exact) mass is 444 g/mol. The van der Waals surface area contributed by atoms with E-state index >= 15 is 0 Å². The fourth-order valence-corrected chi connectivity index (χ4v) is 3.40. The van der Waals surface area contributed by atoms with Gasteiger partial charge in [0.05, 0.1) is 5.56 Å². The van der Waals surface area contributed by atoms with Crippen molar-refractivity contribution in [3.63, 3.8) is 0 Å². The lowest BCUT2D eigenvalue weighted by Crippen LogP contribution is -2.24. The van der Waals surface area contributed by atoms with Crippen LogP contribution < -0.4 is 9.47 Å². The second-order valence-corrected chi connectivity index (χ2v) is 7.80. The summed E-state index contributed by atoms with van der Waals surface area (Å²) in [5, 5.41) is 13.9. The molecule has 0 N–H and O–H groups in total. The normalized spacial score (nSPS) is 13.2. The van der Waals surface area contributed by atoms with Gasteiger partial charge in [-0.3, -0.25) is 0 Å². The number of pyridine rings is 1. The van der Waals surface area contributed by atoms with Crippen LogP contribution in [0, 0.1) is 11.3 Å². The van der Waals surface area contributed by atoms with Gasteiger partial charge < -0.3 is 14.0 Å². The van der Waals surface area contributed by atoms with Crippen LogP contribution in [0.2, 0.25) is 5.02 Å². The molecule has 4 aromatic rings.